The Balaban J connectivity index is 2.07. The Morgan fingerprint density at radius 3 is 2.44 bits per heavy atom. The van der Waals surface area contributed by atoms with E-state index in [1.165, 1.54) is 0 Å². The third-order valence-electron chi connectivity index (χ3n) is 3.56. The molecule has 0 spiro atoms. The molecule has 0 bridgehead atoms. The van der Waals surface area contributed by atoms with Crippen molar-refractivity contribution in [2.75, 3.05) is 13.2 Å². The van der Waals surface area contributed by atoms with Crippen LogP contribution in [0.25, 0.3) is 0 Å². The molecule has 1 aliphatic rings. The molecule has 18 heavy (non-hydrogen) atoms. The van der Waals surface area contributed by atoms with Gasteiger partial charge in [-0.15, -0.1) is 0 Å². The van der Waals surface area contributed by atoms with Gasteiger partial charge in [0.1, 0.15) is 0 Å². The van der Waals surface area contributed by atoms with E-state index in [9.17, 15) is 5.11 Å². The maximum absolute atomic E-state index is 9.76. The van der Waals surface area contributed by atoms with Crippen molar-refractivity contribution in [3.63, 3.8) is 0 Å². The Morgan fingerprint density at radius 1 is 1.28 bits per heavy atom. The first-order valence-corrected chi connectivity index (χ1v) is 7.12. The smallest absolute Gasteiger partial charge is 0.0741 e. The number of nitrogens with two attached hydrogens (primary N) is 1. The average molecular weight is 259 g/mol. The Hall–Kier alpha value is -0.160. The molecular weight excluding hydrogens is 230 g/mol. The van der Waals surface area contributed by atoms with Crippen LogP contribution in [-0.2, 0) is 9.47 Å². The second kappa shape index (κ2) is 7.43. The fourth-order valence-corrected chi connectivity index (χ4v) is 2.44. The van der Waals surface area contributed by atoms with Crippen molar-refractivity contribution in [1.29, 1.82) is 0 Å². The van der Waals surface area contributed by atoms with Gasteiger partial charge in [0.05, 0.1) is 23.9 Å². The average Bonchev–Trinajstić information content (AvgIpc) is 2.27. The molecule has 0 aromatic heterocycles. The van der Waals surface area contributed by atoms with E-state index in [-0.39, 0.29) is 0 Å². The monoisotopic (exact) mass is 259 g/mol. The van der Waals surface area contributed by atoms with Crippen LogP contribution in [0.3, 0.4) is 0 Å². The molecule has 1 rings (SSSR count). The number of ether oxygens (including phenoxy) is 2. The number of hydrogen-bond donors (Lipinski definition) is 2. The van der Waals surface area contributed by atoms with Gasteiger partial charge in [-0.05, 0) is 52.9 Å². The van der Waals surface area contributed by atoms with Crippen molar-refractivity contribution in [2.24, 2.45) is 5.73 Å². The first-order chi connectivity index (χ1) is 8.43. The Labute approximate surface area is 111 Å². The summed E-state index contributed by atoms with van der Waals surface area (Å²) in [6.07, 6.45) is 5.60. The zero-order valence-corrected chi connectivity index (χ0v) is 12.0. The van der Waals surface area contributed by atoms with Crippen LogP contribution in [0.15, 0.2) is 0 Å². The third-order valence-corrected chi connectivity index (χ3v) is 3.56. The molecular formula is C14H29NO3. The van der Waals surface area contributed by atoms with Gasteiger partial charge in [-0.1, -0.05) is 0 Å². The van der Waals surface area contributed by atoms with Gasteiger partial charge in [-0.2, -0.15) is 0 Å². The predicted octanol–water partition coefficient (Wildman–Crippen LogP) is 1.84. The minimum absolute atomic E-state index is 0.303. The summed E-state index contributed by atoms with van der Waals surface area (Å²) >= 11 is 0. The van der Waals surface area contributed by atoms with Crippen LogP contribution in [0.1, 0.15) is 52.9 Å². The molecule has 3 N–H and O–H groups in total. The lowest BCUT2D eigenvalue weighted by molar-refractivity contribution is -0.102. The summed E-state index contributed by atoms with van der Waals surface area (Å²) in [5, 5.41) is 9.76. The van der Waals surface area contributed by atoms with E-state index in [1.54, 1.807) is 6.92 Å². The largest absolute Gasteiger partial charge is 0.389 e. The Kier molecular flexibility index (Phi) is 6.57. The second-order valence-electron chi connectivity index (χ2n) is 5.88. The van der Waals surface area contributed by atoms with E-state index < -0.39 is 5.60 Å². The molecule has 3 atom stereocenters. The zero-order valence-electron chi connectivity index (χ0n) is 12.0. The maximum atomic E-state index is 9.76. The van der Waals surface area contributed by atoms with Crippen LogP contribution in [0.5, 0.6) is 0 Å². The van der Waals surface area contributed by atoms with Crippen LogP contribution < -0.4 is 5.73 Å². The van der Waals surface area contributed by atoms with Crippen molar-refractivity contribution < 1.29 is 14.6 Å². The SMILES string of the molecule is CC1CC(OCCCCC(C)(O)CN)CC(C)O1. The number of hydrogen-bond acceptors (Lipinski definition) is 4. The van der Waals surface area contributed by atoms with E-state index in [0.717, 1.165) is 38.7 Å². The van der Waals surface area contributed by atoms with Crippen molar-refractivity contribution in [3.8, 4) is 0 Å². The normalized spacial score (nSPS) is 32.2. The van der Waals surface area contributed by atoms with E-state index in [0.29, 0.717) is 24.9 Å². The Bertz CT molecular complexity index is 223. The molecule has 0 aromatic rings. The van der Waals surface area contributed by atoms with Gasteiger partial charge in [0, 0.05) is 13.2 Å². The summed E-state index contributed by atoms with van der Waals surface area (Å²) in [7, 11) is 0. The number of rotatable bonds is 7. The second-order valence-corrected chi connectivity index (χ2v) is 5.88. The maximum Gasteiger partial charge on any atom is 0.0741 e. The molecule has 0 aliphatic carbocycles. The summed E-state index contributed by atoms with van der Waals surface area (Å²) in [6, 6.07) is 0. The van der Waals surface area contributed by atoms with Gasteiger partial charge in [0.15, 0.2) is 0 Å². The molecule has 1 saturated heterocycles. The standard InChI is InChI=1S/C14H29NO3/c1-11-8-13(9-12(2)18-11)17-7-5-4-6-14(3,16)10-15/h11-13,16H,4-10,15H2,1-3H3. The number of unbranched alkanes of at least 4 members (excludes halogenated alkanes) is 1. The quantitative estimate of drug-likeness (QED) is 0.685. The third kappa shape index (κ3) is 6.14. The fraction of sp³-hybridized carbons (Fsp3) is 1.00. The molecule has 1 heterocycles. The van der Waals surface area contributed by atoms with Gasteiger partial charge in [-0.3, -0.25) is 0 Å². The zero-order chi connectivity index (χ0) is 13.6. The number of aliphatic hydroxyl groups is 1. The van der Waals surface area contributed by atoms with Crippen LogP contribution >= 0.6 is 0 Å². The van der Waals surface area contributed by atoms with E-state index in [2.05, 4.69) is 13.8 Å². The summed E-state index contributed by atoms with van der Waals surface area (Å²) in [5.74, 6) is 0. The lowest BCUT2D eigenvalue weighted by Crippen LogP contribution is -2.35. The minimum Gasteiger partial charge on any atom is -0.389 e. The topological polar surface area (TPSA) is 64.7 Å². The highest BCUT2D eigenvalue weighted by molar-refractivity contribution is 4.74. The van der Waals surface area contributed by atoms with Crippen LogP contribution in [0, 0.1) is 0 Å². The van der Waals surface area contributed by atoms with Crippen LogP contribution in [0.2, 0.25) is 0 Å². The van der Waals surface area contributed by atoms with Crippen molar-refractivity contribution in [2.45, 2.75) is 76.8 Å². The van der Waals surface area contributed by atoms with Gasteiger partial charge < -0.3 is 20.3 Å². The van der Waals surface area contributed by atoms with Gasteiger partial charge in [0.2, 0.25) is 0 Å². The molecule has 0 aromatic carbocycles. The minimum atomic E-state index is -0.721. The van der Waals surface area contributed by atoms with Gasteiger partial charge in [0.25, 0.3) is 0 Å². The highest BCUT2D eigenvalue weighted by Crippen LogP contribution is 2.22. The van der Waals surface area contributed by atoms with Gasteiger partial charge in [-0.25, -0.2) is 0 Å². The summed E-state index contributed by atoms with van der Waals surface area (Å²) in [4.78, 5) is 0. The van der Waals surface area contributed by atoms with Crippen molar-refractivity contribution in [1.82, 2.24) is 0 Å². The van der Waals surface area contributed by atoms with Crippen molar-refractivity contribution >= 4 is 0 Å². The first kappa shape index (κ1) is 15.9. The van der Waals surface area contributed by atoms with Crippen LogP contribution in [0.4, 0.5) is 0 Å². The molecule has 3 unspecified atom stereocenters. The molecule has 0 radical (unpaired) electrons. The predicted molar refractivity (Wildman–Crippen MR) is 72.5 cm³/mol. The summed E-state index contributed by atoms with van der Waals surface area (Å²) in [5.41, 5.74) is 4.75. The Morgan fingerprint density at radius 2 is 1.89 bits per heavy atom. The van der Waals surface area contributed by atoms with Gasteiger partial charge >= 0.3 is 0 Å². The fourth-order valence-electron chi connectivity index (χ4n) is 2.44. The lowest BCUT2D eigenvalue weighted by atomic mass is 9.99. The molecule has 0 saturated carbocycles. The molecule has 1 fully saturated rings. The highest BCUT2D eigenvalue weighted by Gasteiger charge is 2.24. The highest BCUT2D eigenvalue weighted by atomic mass is 16.5. The van der Waals surface area contributed by atoms with E-state index in [4.69, 9.17) is 15.2 Å². The lowest BCUT2D eigenvalue weighted by Gasteiger charge is -2.32. The molecule has 0 amide bonds. The molecule has 4 heteroatoms. The van der Waals surface area contributed by atoms with E-state index >= 15 is 0 Å². The van der Waals surface area contributed by atoms with Crippen molar-refractivity contribution in [3.05, 3.63) is 0 Å². The molecule has 1 aliphatic heterocycles. The van der Waals surface area contributed by atoms with E-state index in [1.807, 2.05) is 0 Å². The first-order valence-electron chi connectivity index (χ1n) is 7.12. The van der Waals surface area contributed by atoms with Crippen LogP contribution in [-0.4, -0.2) is 42.2 Å². The molecule has 4 nitrogen and oxygen atoms in total. The molecule has 108 valence electrons. The summed E-state index contributed by atoms with van der Waals surface area (Å²) < 4.78 is 11.6. The summed E-state index contributed by atoms with van der Waals surface area (Å²) in [6.45, 7) is 7.08.